The Kier molecular flexibility index (Phi) is 6.11. The molecule has 4 rings (SSSR count). The number of aromatic nitrogens is 2. The van der Waals surface area contributed by atoms with Gasteiger partial charge in [0.05, 0.1) is 22.6 Å². The Labute approximate surface area is 187 Å². The van der Waals surface area contributed by atoms with Gasteiger partial charge in [0.2, 0.25) is 10.0 Å². The number of benzene rings is 2. The summed E-state index contributed by atoms with van der Waals surface area (Å²) in [4.78, 5) is 17.6. The van der Waals surface area contributed by atoms with Crippen LogP contribution >= 0.6 is 0 Å². The van der Waals surface area contributed by atoms with Crippen LogP contribution in [0.1, 0.15) is 6.92 Å². The highest BCUT2D eigenvalue weighted by Gasteiger charge is 2.23. The second-order valence-electron chi connectivity index (χ2n) is 8.12. The summed E-state index contributed by atoms with van der Waals surface area (Å²) in [5.41, 5.74) is 2.16. The average Bonchev–Trinajstić information content (AvgIpc) is 3.05. The molecule has 0 unspecified atom stereocenters. The molecule has 32 heavy (non-hydrogen) atoms. The lowest BCUT2D eigenvalue weighted by atomic mass is 10.2. The van der Waals surface area contributed by atoms with Crippen LogP contribution in [0, 0.1) is 5.82 Å². The number of nitrogens with zero attached hydrogens (tertiary/aromatic N) is 5. The highest BCUT2D eigenvalue weighted by Crippen LogP contribution is 2.22. The minimum absolute atomic E-state index is 0.150. The van der Waals surface area contributed by atoms with Gasteiger partial charge in [0.25, 0.3) is 0 Å². The summed E-state index contributed by atoms with van der Waals surface area (Å²) in [6, 6.07) is 11.3. The number of hydrogen-bond acceptors (Lipinski definition) is 5. The van der Waals surface area contributed by atoms with Gasteiger partial charge in [-0.2, -0.15) is 0 Å². The second-order valence-corrected chi connectivity index (χ2v) is 10.3. The van der Waals surface area contributed by atoms with E-state index in [-0.39, 0.29) is 16.4 Å². The molecular formula is C22H28FN5O3S. The Morgan fingerprint density at radius 2 is 1.59 bits per heavy atom. The van der Waals surface area contributed by atoms with Crippen molar-refractivity contribution < 1.29 is 12.8 Å². The summed E-state index contributed by atoms with van der Waals surface area (Å²) in [6.07, 6.45) is 0. The van der Waals surface area contributed by atoms with E-state index in [1.807, 2.05) is 6.92 Å². The SMILES string of the molecule is CCn1c(=O)n(CN2CCN(c3ccc(F)cc3)CC2)c2cc(S(=O)(=O)N(C)C)ccc21. The summed E-state index contributed by atoms with van der Waals surface area (Å²) in [7, 11) is -0.627. The van der Waals surface area contributed by atoms with Crippen molar-refractivity contribution >= 4 is 26.7 Å². The van der Waals surface area contributed by atoms with Crippen LogP contribution in [-0.4, -0.2) is 67.0 Å². The minimum atomic E-state index is -3.61. The van der Waals surface area contributed by atoms with Gasteiger partial charge >= 0.3 is 5.69 Å². The number of halogens is 1. The Hall–Kier alpha value is -2.69. The molecule has 0 saturated carbocycles. The Morgan fingerprint density at radius 1 is 0.938 bits per heavy atom. The van der Waals surface area contributed by atoms with Crippen LogP contribution in [0.3, 0.4) is 0 Å². The first-order chi connectivity index (χ1) is 15.2. The molecule has 2 aromatic carbocycles. The van der Waals surface area contributed by atoms with Gasteiger partial charge in [-0.1, -0.05) is 0 Å². The third-order valence-corrected chi connectivity index (χ3v) is 7.80. The maximum Gasteiger partial charge on any atom is 0.330 e. The van der Waals surface area contributed by atoms with Crippen molar-refractivity contribution in [3.8, 4) is 0 Å². The summed E-state index contributed by atoms with van der Waals surface area (Å²) < 4.78 is 42.9. The van der Waals surface area contributed by atoms with Gasteiger partial charge in [-0.05, 0) is 49.4 Å². The normalized spacial score (nSPS) is 15.7. The Balaban J connectivity index is 1.60. The predicted molar refractivity (Wildman–Crippen MR) is 123 cm³/mol. The van der Waals surface area contributed by atoms with Crippen LogP contribution in [0.15, 0.2) is 52.2 Å². The standard InChI is InChI=1S/C22H28FN5O3S/c1-4-27-20-10-9-19(32(30,31)24(2)3)15-21(20)28(22(27)29)16-25-11-13-26(14-12-25)18-7-5-17(23)6-8-18/h5-10,15H,4,11-14,16H2,1-3H3. The van der Waals surface area contributed by atoms with E-state index in [0.717, 1.165) is 37.4 Å². The van der Waals surface area contributed by atoms with Gasteiger partial charge in [-0.15, -0.1) is 0 Å². The molecule has 3 aromatic rings. The van der Waals surface area contributed by atoms with Crippen molar-refractivity contribution in [2.24, 2.45) is 0 Å². The van der Waals surface area contributed by atoms with E-state index >= 15 is 0 Å². The molecule has 10 heteroatoms. The molecular weight excluding hydrogens is 433 g/mol. The number of sulfonamides is 1. The van der Waals surface area contributed by atoms with E-state index in [9.17, 15) is 17.6 Å². The maximum absolute atomic E-state index is 13.2. The lowest BCUT2D eigenvalue weighted by Crippen LogP contribution is -2.47. The number of hydrogen-bond donors (Lipinski definition) is 0. The largest absolute Gasteiger partial charge is 0.369 e. The number of imidazole rings is 1. The third kappa shape index (κ3) is 4.05. The first-order valence-electron chi connectivity index (χ1n) is 10.6. The van der Waals surface area contributed by atoms with Gasteiger partial charge in [0, 0.05) is 52.5 Å². The van der Waals surface area contributed by atoms with Crippen LogP contribution < -0.4 is 10.6 Å². The molecule has 1 fully saturated rings. The van der Waals surface area contributed by atoms with E-state index < -0.39 is 10.0 Å². The van der Waals surface area contributed by atoms with E-state index in [0.29, 0.717) is 18.7 Å². The molecule has 0 radical (unpaired) electrons. The predicted octanol–water partition coefficient (Wildman–Crippen LogP) is 1.99. The second kappa shape index (κ2) is 8.68. The van der Waals surface area contributed by atoms with Gasteiger partial charge in [-0.25, -0.2) is 21.9 Å². The summed E-state index contributed by atoms with van der Waals surface area (Å²) >= 11 is 0. The maximum atomic E-state index is 13.2. The number of fused-ring (bicyclic) bond motifs is 1. The fourth-order valence-electron chi connectivity index (χ4n) is 4.11. The minimum Gasteiger partial charge on any atom is -0.369 e. The van der Waals surface area contributed by atoms with Crippen molar-refractivity contribution in [1.82, 2.24) is 18.3 Å². The average molecular weight is 462 g/mol. The van der Waals surface area contributed by atoms with Gasteiger partial charge in [0.15, 0.2) is 0 Å². The lowest BCUT2D eigenvalue weighted by Gasteiger charge is -2.36. The van der Waals surface area contributed by atoms with Crippen molar-refractivity contribution in [3.05, 3.63) is 58.8 Å². The van der Waals surface area contributed by atoms with E-state index in [4.69, 9.17) is 0 Å². The van der Waals surface area contributed by atoms with E-state index in [1.54, 1.807) is 39.5 Å². The Bertz CT molecular complexity index is 1270. The fourth-order valence-corrected chi connectivity index (χ4v) is 5.03. The van der Waals surface area contributed by atoms with Crippen LogP contribution in [0.5, 0.6) is 0 Å². The van der Waals surface area contributed by atoms with Crippen LogP contribution in [0.4, 0.5) is 10.1 Å². The number of rotatable bonds is 6. The Morgan fingerprint density at radius 3 is 2.19 bits per heavy atom. The van der Waals surface area contributed by atoms with Gasteiger partial charge < -0.3 is 4.90 Å². The highest BCUT2D eigenvalue weighted by molar-refractivity contribution is 7.89. The lowest BCUT2D eigenvalue weighted by molar-refractivity contribution is 0.205. The van der Waals surface area contributed by atoms with Crippen molar-refractivity contribution in [2.75, 3.05) is 45.2 Å². The van der Waals surface area contributed by atoms with Crippen LogP contribution in [-0.2, 0) is 23.2 Å². The van der Waals surface area contributed by atoms with Crippen LogP contribution in [0.25, 0.3) is 11.0 Å². The molecule has 2 heterocycles. The van der Waals surface area contributed by atoms with E-state index in [1.165, 1.54) is 30.5 Å². The molecule has 1 aliphatic heterocycles. The molecule has 0 N–H and O–H groups in total. The molecule has 172 valence electrons. The third-order valence-electron chi connectivity index (χ3n) is 5.99. The molecule has 0 atom stereocenters. The molecule has 0 aliphatic carbocycles. The first-order valence-corrected chi connectivity index (χ1v) is 12.0. The molecule has 0 amide bonds. The number of anilines is 1. The van der Waals surface area contributed by atoms with Crippen molar-refractivity contribution in [3.63, 3.8) is 0 Å². The molecule has 0 bridgehead atoms. The zero-order valence-corrected chi connectivity index (χ0v) is 19.3. The summed E-state index contributed by atoms with van der Waals surface area (Å²) in [6.45, 7) is 5.76. The molecule has 0 spiro atoms. The molecule has 1 saturated heterocycles. The van der Waals surface area contributed by atoms with E-state index in [2.05, 4.69) is 9.80 Å². The fraction of sp³-hybridized carbons (Fsp3) is 0.409. The van der Waals surface area contributed by atoms with Gasteiger partial charge in [0.1, 0.15) is 5.82 Å². The number of aryl methyl sites for hydroxylation is 1. The quantitative estimate of drug-likeness (QED) is 0.562. The summed E-state index contributed by atoms with van der Waals surface area (Å²) in [5.74, 6) is -0.255. The van der Waals surface area contributed by atoms with Crippen molar-refractivity contribution in [1.29, 1.82) is 0 Å². The smallest absolute Gasteiger partial charge is 0.330 e. The highest BCUT2D eigenvalue weighted by atomic mass is 32.2. The molecule has 1 aliphatic rings. The summed E-state index contributed by atoms with van der Waals surface area (Å²) in [5, 5.41) is 0. The van der Waals surface area contributed by atoms with Crippen molar-refractivity contribution in [2.45, 2.75) is 25.0 Å². The zero-order valence-electron chi connectivity index (χ0n) is 18.5. The zero-order chi connectivity index (χ0) is 23.0. The van der Waals surface area contributed by atoms with Gasteiger partial charge in [-0.3, -0.25) is 14.0 Å². The molecule has 1 aromatic heterocycles. The van der Waals surface area contributed by atoms with Crippen LogP contribution in [0.2, 0.25) is 0 Å². The number of piperazine rings is 1. The topological polar surface area (TPSA) is 70.8 Å². The monoisotopic (exact) mass is 461 g/mol. The first kappa shape index (κ1) is 22.5. The molecule has 8 nitrogen and oxygen atoms in total.